The van der Waals surface area contributed by atoms with Crippen LogP contribution in [-0.4, -0.2) is 46.3 Å². The number of amides is 1. The maximum Gasteiger partial charge on any atom is 0.274 e. The summed E-state index contributed by atoms with van der Waals surface area (Å²) in [5, 5.41) is 8.53. The second kappa shape index (κ2) is 7.94. The Balaban J connectivity index is 1.31. The summed E-state index contributed by atoms with van der Waals surface area (Å²) in [7, 11) is 0. The van der Waals surface area contributed by atoms with Gasteiger partial charge in [0.15, 0.2) is 5.69 Å². The Hall–Kier alpha value is -2.14. The van der Waals surface area contributed by atoms with E-state index in [0.29, 0.717) is 11.7 Å². The number of fused-ring (bicyclic) bond motifs is 1. The predicted molar refractivity (Wildman–Crippen MR) is 115 cm³/mol. The minimum atomic E-state index is 0.132. The number of aryl methyl sites for hydroxylation is 1. The van der Waals surface area contributed by atoms with Crippen LogP contribution >= 0.6 is 0 Å². The molecule has 2 heterocycles. The van der Waals surface area contributed by atoms with Crippen molar-refractivity contribution < 1.29 is 4.79 Å². The number of carbonyl (C=O) groups is 1. The number of piperidine rings is 1. The quantitative estimate of drug-likeness (QED) is 0.818. The molecule has 5 rings (SSSR count). The Morgan fingerprint density at radius 1 is 1.10 bits per heavy atom. The van der Waals surface area contributed by atoms with E-state index in [0.717, 1.165) is 69.8 Å². The molecule has 0 bridgehead atoms. The van der Waals surface area contributed by atoms with Crippen molar-refractivity contribution in [3.63, 3.8) is 0 Å². The third-order valence-electron chi connectivity index (χ3n) is 6.90. The zero-order chi connectivity index (χ0) is 19.8. The number of aromatic nitrogens is 2. The van der Waals surface area contributed by atoms with Crippen molar-refractivity contribution in [2.45, 2.75) is 64.3 Å². The first-order chi connectivity index (χ1) is 14.2. The molecule has 29 heavy (non-hydrogen) atoms. The summed E-state index contributed by atoms with van der Waals surface area (Å²) in [5.41, 5.74) is 5.51. The molecule has 1 aromatic carbocycles. The summed E-state index contributed by atoms with van der Waals surface area (Å²) < 4.78 is 2.03. The fraction of sp³-hybridized carbons (Fsp3) is 0.583. The van der Waals surface area contributed by atoms with Crippen molar-refractivity contribution in [1.82, 2.24) is 20.0 Å². The molecule has 0 radical (unpaired) electrons. The molecule has 0 spiro atoms. The Morgan fingerprint density at radius 2 is 1.86 bits per heavy atom. The van der Waals surface area contributed by atoms with Gasteiger partial charge in [-0.3, -0.25) is 4.79 Å². The van der Waals surface area contributed by atoms with Crippen molar-refractivity contribution in [2.24, 2.45) is 5.92 Å². The maximum atomic E-state index is 13.3. The van der Waals surface area contributed by atoms with E-state index in [1.54, 1.807) is 0 Å². The number of nitrogens with zero attached hydrogens (tertiary/aromatic N) is 3. The molecule has 154 valence electrons. The number of benzene rings is 1. The molecule has 1 amide bonds. The number of carbonyl (C=O) groups excluding carboxylic acids is 1. The fourth-order valence-corrected chi connectivity index (χ4v) is 4.79. The van der Waals surface area contributed by atoms with Gasteiger partial charge in [-0.25, -0.2) is 4.68 Å². The number of rotatable bonds is 6. The molecule has 2 fully saturated rings. The van der Waals surface area contributed by atoms with Crippen molar-refractivity contribution in [1.29, 1.82) is 0 Å². The van der Waals surface area contributed by atoms with E-state index in [1.165, 1.54) is 29.7 Å². The summed E-state index contributed by atoms with van der Waals surface area (Å²) in [6, 6.07) is 9.17. The van der Waals surface area contributed by atoms with Gasteiger partial charge in [0.25, 0.3) is 5.91 Å². The average Bonchev–Trinajstić information content (AvgIpc) is 3.35. The van der Waals surface area contributed by atoms with Crippen molar-refractivity contribution in [2.75, 3.05) is 19.6 Å². The highest BCUT2D eigenvalue weighted by Gasteiger charge is 2.32. The lowest BCUT2D eigenvalue weighted by Gasteiger charge is -2.32. The van der Waals surface area contributed by atoms with Gasteiger partial charge in [-0.05, 0) is 81.5 Å². The van der Waals surface area contributed by atoms with Crippen molar-refractivity contribution in [3.05, 3.63) is 46.8 Å². The van der Waals surface area contributed by atoms with Crippen LogP contribution in [0.5, 0.6) is 0 Å². The summed E-state index contributed by atoms with van der Waals surface area (Å²) in [5.74, 6) is 1.04. The fourth-order valence-electron chi connectivity index (χ4n) is 4.79. The monoisotopic (exact) mass is 392 g/mol. The number of hydrogen-bond acceptors (Lipinski definition) is 3. The molecule has 1 aromatic heterocycles. The SMILES string of the molecule is CCc1ccc(-n2nc(C(=O)N3CCC(NCC4CC4)CC3)c3c2CCC3)cc1. The van der Waals surface area contributed by atoms with Crippen molar-refractivity contribution in [3.8, 4) is 5.69 Å². The van der Waals surface area contributed by atoms with Gasteiger partial charge in [0.05, 0.1) is 5.69 Å². The molecule has 1 aliphatic heterocycles. The molecule has 0 unspecified atom stereocenters. The predicted octanol–water partition coefficient (Wildman–Crippen LogP) is 3.53. The second-order valence-corrected chi connectivity index (χ2v) is 8.98. The van der Waals surface area contributed by atoms with Crippen LogP contribution in [0.3, 0.4) is 0 Å². The highest BCUT2D eigenvalue weighted by atomic mass is 16.2. The summed E-state index contributed by atoms with van der Waals surface area (Å²) in [4.78, 5) is 15.3. The van der Waals surface area contributed by atoms with E-state index < -0.39 is 0 Å². The normalized spacial score (nSPS) is 19.6. The Morgan fingerprint density at radius 3 is 2.55 bits per heavy atom. The van der Waals surface area contributed by atoms with Crippen LogP contribution in [0.15, 0.2) is 24.3 Å². The van der Waals surface area contributed by atoms with Gasteiger partial charge in [-0.15, -0.1) is 0 Å². The smallest absolute Gasteiger partial charge is 0.274 e. The molecular formula is C24H32N4O. The first kappa shape index (κ1) is 18.9. The molecule has 5 nitrogen and oxygen atoms in total. The molecule has 5 heteroatoms. The molecule has 1 N–H and O–H groups in total. The molecule has 1 saturated carbocycles. The number of nitrogens with one attached hydrogen (secondary N) is 1. The second-order valence-electron chi connectivity index (χ2n) is 8.98. The third-order valence-corrected chi connectivity index (χ3v) is 6.90. The molecule has 0 atom stereocenters. The van der Waals surface area contributed by atoms with Crippen LogP contribution < -0.4 is 5.32 Å². The summed E-state index contributed by atoms with van der Waals surface area (Å²) in [6.45, 7) is 5.01. The van der Waals surface area contributed by atoms with Crippen LogP contribution in [-0.2, 0) is 19.3 Å². The van der Waals surface area contributed by atoms with Gasteiger partial charge in [0.1, 0.15) is 0 Å². The average molecular weight is 393 g/mol. The largest absolute Gasteiger partial charge is 0.337 e. The maximum absolute atomic E-state index is 13.3. The summed E-state index contributed by atoms with van der Waals surface area (Å²) in [6.07, 6.45) is 9.03. The zero-order valence-electron chi connectivity index (χ0n) is 17.5. The zero-order valence-corrected chi connectivity index (χ0v) is 17.5. The Labute approximate surface area is 173 Å². The van der Waals surface area contributed by atoms with E-state index in [2.05, 4.69) is 36.5 Å². The van der Waals surface area contributed by atoms with Gasteiger partial charge in [-0.1, -0.05) is 19.1 Å². The lowest BCUT2D eigenvalue weighted by molar-refractivity contribution is 0.0697. The van der Waals surface area contributed by atoms with Crippen LogP contribution in [0.1, 0.15) is 66.3 Å². The number of likely N-dealkylation sites (tertiary alicyclic amines) is 1. The topological polar surface area (TPSA) is 50.2 Å². The van der Waals surface area contributed by atoms with Crippen LogP contribution in [0.4, 0.5) is 0 Å². The first-order valence-electron chi connectivity index (χ1n) is 11.5. The standard InChI is InChI=1S/C24H32N4O/c1-2-17-8-10-20(11-9-17)28-22-5-3-4-21(22)23(26-28)24(29)27-14-12-19(13-15-27)25-16-18-6-7-18/h8-11,18-19,25H,2-7,12-16H2,1H3. The van der Waals surface area contributed by atoms with Gasteiger partial charge in [0.2, 0.25) is 0 Å². The Kier molecular flexibility index (Phi) is 5.17. The van der Waals surface area contributed by atoms with Gasteiger partial charge in [-0.2, -0.15) is 5.10 Å². The highest BCUT2D eigenvalue weighted by Crippen LogP contribution is 2.30. The number of hydrogen-bond donors (Lipinski definition) is 1. The lowest BCUT2D eigenvalue weighted by Crippen LogP contribution is -2.45. The molecule has 2 aromatic rings. The third kappa shape index (κ3) is 3.85. The van der Waals surface area contributed by atoms with Gasteiger partial charge in [0, 0.05) is 30.4 Å². The Bertz CT molecular complexity index is 873. The minimum absolute atomic E-state index is 0.132. The lowest BCUT2D eigenvalue weighted by atomic mass is 10.0. The molecule has 2 aliphatic carbocycles. The van der Waals surface area contributed by atoms with Crippen molar-refractivity contribution >= 4 is 5.91 Å². The van der Waals surface area contributed by atoms with Crippen LogP contribution in [0, 0.1) is 5.92 Å². The molecular weight excluding hydrogens is 360 g/mol. The molecule has 3 aliphatic rings. The van der Waals surface area contributed by atoms with Crippen LogP contribution in [0.2, 0.25) is 0 Å². The highest BCUT2D eigenvalue weighted by molar-refractivity contribution is 5.94. The van der Waals surface area contributed by atoms with E-state index in [9.17, 15) is 4.79 Å². The van der Waals surface area contributed by atoms with Crippen LogP contribution in [0.25, 0.3) is 5.69 Å². The van der Waals surface area contributed by atoms with Gasteiger partial charge < -0.3 is 10.2 Å². The molecule has 1 saturated heterocycles. The first-order valence-corrected chi connectivity index (χ1v) is 11.5. The minimum Gasteiger partial charge on any atom is -0.337 e. The van der Waals surface area contributed by atoms with E-state index in [-0.39, 0.29) is 5.91 Å². The van der Waals surface area contributed by atoms with E-state index >= 15 is 0 Å². The van der Waals surface area contributed by atoms with Gasteiger partial charge >= 0.3 is 0 Å². The van der Waals surface area contributed by atoms with E-state index in [1.807, 2.05) is 9.58 Å². The van der Waals surface area contributed by atoms with E-state index in [4.69, 9.17) is 5.10 Å². The summed E-state index contributed by atoms with van der Waals surface area (Å²) >= 11 is 0.